The number of carbonyl (C=O) groups is 8. The fourth-order valence-electron chi connectivity index (χ4n) is 8.60. The number of nitrogens with one attached hydrogen (secondary N) is 8. The number of para-hydroxylation sites is 4. The van der Waals surface area contributed by atoms with Gasteiger partial charge in [-0.25, -0.2) is 0 Å². The summed E-state index contributed by atoms with van der Waals surface area (Å²) in [6.07, 6.45) is 0. The average Bonchev–Trinajstić information content (AvgIpc) is 3.39. The van der Waals surface area contributed by atoms with Crippen LogP contribution in [0.1, 0.15) is 89.8 Å². The smallest absolute Gasteiger partial charge is 0.255 e. The molecule has 8 amide bonds. The number of fused-ring (bicyclic) bond motifs is 8. The van der Waals surface area contributed by atoms with E-state index in [1.807, 2.05) is 19.6 Å². The molecule has 0 radical (unpaired) electrons. The molecule has 8 bridgehead atoms. The Kier molecular flexibility index (Phi) is 21.1. The average molecular weight is 1070 g/mol. The number of hydrogen-bond donors (Lipinski definition) is 12. The third-order valence-corrected chi connectivity index (χ3v) is 13.0. The SMILES string of the molecule is CC1CN(CCN2CCNC(=O)c3cccc(c3O)C(=O)NCCN(C)CCNC(=O)c3cccc(c3O)C(=O)NCC2)CCNC(=O)c2cccc(c2O)C(=O)NCCN(C)CCNC(=O)c2cccc(c2O)C(=O)N1. The van der Waals surface area contributed by atoms with E-state index in [1.54, 1.807) is 21.0 Å². The van der Waals surface area contributed by atoms with Crippen LogP contribution in [0, 0.1) is 0 Å². The van der Waals surface area contributed by atoms with Crippen LogP contribution in [-0.2, 0) is 0 Å². The summed E-state index contributed by atoms with van der Waals surface area (Å²) in [5.41, 5.74) is -0.974. The number of phenols is 4. The minimum absolute atomic E-state index is 0.0178. The van der Waals surface area contributed by atoms with Gasteiger partial charge in [0.15, 0.2) is 0 Å². The topological polar surface area (TPSA) is 327 Å². The molecule has 24 heteroatoms. The molecule has 0 fully saturated rings. The van der Waals surface area contributed by atoms with Crippen LogP contribution in [0.5, 0.6) is 23.0 Å². The second-order valence-corrected chi connectivity index (χ2v) is 18.7. The number of phenolic OH excluding ortho intramolecular Hbond substituents is 4. The Hall–Kier alpha value is -8.32. The van der Waals surface area contributed by atoms with Crippen molar-refractivity contribution in [3.63, 3.8) is 0 Å². The maximum Gasteiger partial charge on any atom is 0.255 e. The van der Waals surface area contributed by atoms with Crippen molar-refractivity contribution < 1.29 is 58.8 Å². The maximum absolute atomic E-state index is 13.7. The third-order valence-electron chi connectivity index (χ3n) is 13.0. The number of amides is 8. The molecule has 12 N–H and O–H groups in total. The summed E-state index contributed by atoms with van der Waals surface area (Å²) < 4.78 is 0. The van der Waals surface area contributed by atoms with Crippen LogP contribution >= 0.6 is 0 Å². The molecule has 24 nitrogen and oxygen atoms in total. The van der Waals surface area contributed by atoms with Crippen LogP contribution in [0.4, 0.5) is 0 Å². The van der Waals surface area contributed by atoms with Gasteiger partial charge in [-0.1, -0.05) is 24.3 Å². The highest BCUT2D eigenvalue weighted by Crippen LogP contribution is 2.26. The van der Waals surface area contributed by atoms with Gasteiger partial charge in [0.05, 0.1) is 44.5 Å². The monoisotopic (exact) mass is 1060 g/mol. The molecule has 1 unspecified atom stereocenters. The molecule has 0 aromatic heterocycles. The summed E-state index contributed by atoms with van der Waals surface area (Å²) in [6.45, 7) is 5.15. The summed E-state index contributed by atoms with van der Waals surface area (Å²) in [7, 11) is 3.55. The van der Waals surface area contributed by atoms with Crippen molar-refractivity contribution in [2.75, 3.05) is 125 Å². The highest BCUT2D eigenvalue weighted by atomic mass is 16.3. The first-order chi connectivity index (χ1) is 36.9. The largest absolute Gasteiger partial charge is 0.506 e. The van der Waals surface area contributed by atoms with Crippen LogP contribution in [0.25, 0.3) is 0 Å². The van der Waals surface area contributed by atoms with Crippen LogP contribution in [0.3, 0.4) is 0 Å². The molecular weight excluding hydrogens is 997 g/mol. The van der Waals surface area contributed by atoms with E-state index in [1.165, 1.54) is 72.8 Å². The van der Waals surface area contributed by atoms with Crippen molar-refractivity contribution in [3.8, 4) is 23.0 Å². The van der Waals surface area contributed by atoms with E-state index in [2.05, 4.69) is 42.5 Å². The molecule has 0 saturated carbocycles. The molecule has 1 atom stereocenters. The Labute approximate surface area is 445 Å². The standard InChI is InChI=1S/C53H68N12O12/c1-33-32-65(29-22-60-52(76)39-13-6-10-36(44(39)68)48(72)56-18-25-63(3)26-19-57-49(73)40-14-7-15-41(45(40)69)53(77)61-33)31-30-64-27-20-58-50(74)37-11-4-8-34(42(37)66)46(70)54-16-23-62(2)24-17-55-47(71)35-9-5-12-38(43(35)67)51(75)59-21-28-64/h4-15,33,66-69H,16-32H2,1-3H3,(H,54,70)(H,55,71)(H,56,72)(H,57,73)(H,58,74)(H,59,75)(H,60,76)(H,61,77). The maximum atomic E-state index is 13.7. The first kappa shape index (κ1) is 57.9. The Morgan fingerprint density at radius 2 is 0.584 bits per heavy atom. The predicted octanol–water partition coefficient (Wildman–Crippen LogP) is -0.669. The van der Waals surface area contributed by atoms with Gasteiger partial charge in [-0.05, 0) is 69.6 Å². The number of aromatic hydroxyl groups is 4. The molecular formula is C53H68N12O12. The van der Waals surface area contributed by atoms with Crippen molar-refractivity contribution in [2.45, 2.75) is 13.0 Å². The molecule has 0 aliphatic carbocycles. The van der Waals surface area contributed by atoms with Crippen molar-refractivity contribution in [1.29, 1.82) is 0 Å². The number of hydrogen-bond acceptors (Lipinski definition) is 16. The summed E-state index contributed by atoms with van der Waals surface area (Å²) >= 11 is 0. The van der Waals surface area contributed by atoms with Gasteiger partial charge in [0.1, 0.15) is 23.0 Å². The molecule has 6 rings (SSSR count). The van der Waals surface area contributed by atoms with Crippen LogP contribution in [0.2, 0.25) is 0 Å². The van der Waals surface area contributed by atoms with Gasteiger partial charge in [-0.2, -0.15) is 0 Å². The molecule has 77 heavy (non-hydrogen) atoms. The zero-order valence-electron chi connectivity index (χ0n) is 43.4. The summed E-state index contributed by atoms with van der Waals surface area (Å²) in [5.74, 6) is -7.09. The van der Waals surface area contributed by atoms with E-state index < -0.39 is 76.3 Å². The number of nitrogens with zero attached hydrogens (tertiary/aromatic N) is 4. The van der Waals surface area contributed by atoms with Gasteiger partial charge >= 0.3 is 0 Å². The van der Waals surface area contributed by atoms with Crippen molar-refractivity contribution in [2.24, 2.45) is 0 Å². The number of likely N-dealkylation sites (N-methyl/N-ethyl adjacent to an activating group) is 2. The van der Waals surface area contributed by atoms with Gasteiger partial charge in [-0.3, -0.25) is 48.2 Å². The summed E-state index contributed by atoms with van der Waals surface area (Å²) in [6, 6.07) is 16.4. The van der Waals surface area contributed by atoms with Crippen LogP contribution in [-0.4, -0.2) is 219 Å². The van der Waals surface area contributed by atoms with Gasteiger partial charge in [0, 0.05) is 117 Å². The minimum atomic E-state index is -0.658. The molecule has 2 aliphatic rings. The Bertz CT molecular complexity index is 2720. The first-order valence-corrected chi connectivity index (χ1v) is 25.3. The van der Waals surface area contributed by atoms with E-state index in [9.17, 15) is 58.8 Å². The third kappa shape index (κ3) is 16.1. The van der Waals surface area contributed by atoms with E-state index in [4.69, 9.17) is 0 Å². The normalized spacial score (nSPS) is 19.1. The highest BCUT2D eigenvalue weighted by molar-refractivity contribution is 6.06. The Morgan fingerprint density at radius 3 is 0.857 bits per heavy atom. The second kappa shape index (κ2) is 28.0. The summed E-state index contributed by atoms with van der Waals surface area (Å²) in [5, 5.41) is 66.6. The molecule has 4 aromatic rings. The zero-order valence-corrected chi connectivity index (χ0v) is 43.4. The molecule has 412 valence electrons. The molecule has 2 aliphatic heterocycles. The minimum Gasteiger partial charge on any atom is -0.506 e. The number of benzene rings is 4. The lowest BCUT2D eigenvalue weighted by Crippen LogP contribution is -2.48. The Morgan fingerprint density at radius 1 is 0.364 bits per heavy atom. The number of rotatable bonds is 3. The molecule has 0 spiro atoms. The van der Waals surface area contributed by atoms with E-state index >= 15 is 0 Å². The molecule has 2 heterocycles. The quantitative estimate of drug-likeness (QED) is 0.121. The lowest BCUT2D eigenvalue weighted by atomic mass is 10.1. The van der Waals surface area contributed by atoms with Gasteiger partial charge < -0.3 is 72.8 Å². The fourth-order valence-corrected chi connectivity index (χ4v) is 8.60. The van der Waals surface area contributed by atoms with Crippen LogP contribution in [0.15, 0.2) is 72.8 Å². The summed E-state index contributed by atoms with van der Waals surface area (Å²) in [4.78, 5) is 114. The zero-order chi connectivity index (χ0) is 55.6. The lowest BCUT2D eigenvalue weighted by Gasteiger charge is -2.30. The van der Waals surface area contributed by atoms with E-state index in [0.717, 1.165) is 0 Å². The van der Waals surface area contributed by atoms with Crippen molar-refractivity contribution >= 4 is 47.3 Å². The van der Waals surface area contributed by atoms with E-state index in [0.29, 0.717) is 26.2 Å². The highest BCUT2D eigenvalue weighted by Gasteiger charge is 2.25. The predicted molar refractivity (Wildman–Crippen MR) is 284 cm³/mol. The van der Waals surface area contributed by atoms with Crippen LogP contribution < -0.4 is 42.5 Å². The first-order valence-electron chi connectivity index (χ1n) is 25.3. The number of carbonyl (C=O) groups excluding carboxylic acids is 8. The fraction of sp³-hybridized carbons (Fsp3) is 0.396. The second-order valence-electron chi connectivity index (χ2n) is 18.7. The van der Waals surface area contributed by atoms with Gasteiger partial charge in [-0.15, -0.1) is 0 Å². The van der Waals surface area contributed by atoms with Crippen molar-refractivity contribution in [1.82, 2.24) is 62.1 Å². The van der Waals surface area contributed by atoms with Gasteiger partial charge in [0.25, 0.3) is 47.3 Å². The lowest BCUT2D eigenvalue weighted by molar-refractivity contribution is 0.0903. The molecule has 0 saturated heterocycles. The van der Waals surface area contributed by atoms with Crippen molar-refractivity contribution in [3.05, 3.63) is 117 Å². The Balaban J connectivity index is 1.24. The van der Waals surface area contributed by atoms with Gasteiger partial charge in [0.2, 0.25) is 0 Å². The molecule has 4 aromatic carbocycles. The van der Waals surface area contributed by atoms with E-state index in [-0.39, 0.29) is 130 Å².